The van der Waals surface area contributed by atoms with Crippen LogP contribution in [-0.2, 0) is 19.0 Å². The van der Waals surface area contributed by atoms with Gasteiger partial charge in [0.2, 0.25) is 0 Å². The molecule has 23 heavy (non-hydrogen) atoms. The number of nitrogens with zero attached hydrogens (tertiary/aromatic N) is 1. The van der Waals surface area contributed by atoms with E-state index in [1.165, 1.54) is 0 Å². The van der Waals surface area contributed by atoms with Crippen LogP contribution in [0.4, 0.5) is 0 Å². The van der Waals surface area contributed by atoms with Crippen LogP contribution in [0.25, 0.3) is 0 Å². The van der Waals surface area contributed by atoms with Crippen molar-refractivity contribution < 1.29 is 19.0 Å². The van der Waals surface area contributed by atoms with E-state index < -0.39 is 5.97 Å². The molecule has 6 nitrogen and oxygen atoms in total. The first kappa shape index (κ1) is 19.2. The molecule has 0 aromatic rings. The van der Waals surface area contributed by atoms with Gasteiger partial charge in [-0.05, 0) is 37.3 Å². The van der Waals surface area contributed by atoms with Gasteiger partial charge < -0.3 is 19.5 Å². The summed E-state index contributed by atoms with van der Waals surface area (Å²) in [5.41, 5.74) is 1.85. The van der Waals surface area contributed by atoms with E-state index in [0.29, 0.717) is 26.2 Å². The molecule has 0 saturated heterocycles. The van der Waals surface area contributed by atoms with Crippen LogP contribution in [0.3, 0.4) is 0 Å². The van der Waals surface area contributed by atoms with Crippen molar-refractivity contribution in [1.82, 2.24) is 5.32 Å². The standard InChI is InChI=1S/C17H26N2O4/c1-4-8-23-17(20)16(10-18)13-6-5-7-14(9-13)19-11-15(22-3)12-21-2/h9,15,19H,4-8,11-12H2,1-3H3/b16-13-. The number of esters is 1. The Morgan fingerprint density at radius 1 is 1.43 bits per heavy atom. The number of carbonyl (C=O) groups excluding carboxylic acids is 1. The summed E-state index contributed by atoms with van der Waals surface area (Å²) in [5, 5.41) is 12.6. The number of nitrogens with one attached hydrogen (secondary N) is 1. The minimum Gasteiger partial charge on any atom is -0.462 e. The van der Waals surface area contributed by atoms with E-state index in [-0.39, 0.29) is 11.7 Å². The monoisotopic (exact) mass is 322 g/mol. The Labute approximate surface area is 138 Å². The zero-order valence-corrected chi connectivity index (χ0v) is 14.2. The second-order valence-electron chi connectivity index (χ2n) is 5.37. The molecule has 128 valence electrons. The van der Waals surface area contributed by atoms with Crippen LogP contribution in [0, 0.1) is 11.3 Å². The molecular formula is C17H26N2O4. The Kier molecular flexibility index (Phi) is 9.03. The van der Waals surface area contributed by atoms with Gasteiger partial charge in [0, 0.05) is 26.5 Å². The molecule has 0 aromatic heterocycles. The first-order valence-electron chi connectivity index (χ1n) is 7.92. The van der Waals surface area contributed by atoms with Crippen LogP contribution in [0.2, 0.25) is 0 Å². The van der Waals surface area contributed by atoms with Gasteiger partial charge in [-0.25, -0.2) is 4.79 Å². The Morgan fingerprint density at radius 3 is 2.83 bits per heavy atom. The van der Waals surface area contributed by atoms with Crippen molar-refractivity contribution in [2.24, 2.45) is 0 Å². The van der Waals surface area contributed by atoms with Crippen LogP contribution < -0.4 is 5.32 Å². The summed E-state index contributed by atoms with van der Waals surface area (Å²) in [6, 6.07) is 1.99. The maximum absolute atomic E-state index is 11.9. The normalized spacial score (nSPS) is 17.7. The highest BCUT2D eigenvalue weighted by atomic mass is 16.5. The maximum Gasteiger partial charge on any atom is 0.349 e. The molecule has 0 bridgehead atoms. The predicted molar refractivity (Wildman–Crippen MR) is 86.5 cm³/mol. The van der Waals surface area contributed by atoms with E-state index in [1.807, 2.05) is 19.1 Å². The molecule has 0 spiro atoms. The van der Waals surface area contributed by atoms with Crippen molar-refractivity contribution in [2.45, 2.75) is 38.7 Å². The fourth-order valence-electron chi connectivity index (χ4n) is 2.32. The molecule has 1 atom stereocenters. The average molecular weight is 322 g/mol. The molecule has 0 heterocycles. The second kappa shape index (κ2) is 10.8. The number of hydrogen-bond donors (Lipinski definition) is 1. The Balaban J connectivity index is 2.77. The fourth-order valence-corrected chi connectivity index (χ4v) is 2.32. The quantitative estimate of drug-likeness (QED) is 0.398. The lowest BCUT2D eigenvalue weighted by Crippen LogP contribution is -2.32. The molecule has 0 amide bonds. The van der Waals surface area contributed by atoms with E-state index in [0.717, 1.165) is 30.5 Å². The number of nitriles is 1. The first-order valence-corrected chi connectivity index (χ1v) is 7.92. The lowest BCUT2D eigenvalue weighted by atomic mass is 9.95. The molecule has 1 aliphatic carbocycles. The minimum absolute atomic E-state index is 0.0415. The van der Waals surface area contributed by atoms with E-state index in [4.69, 9.17) is 14.2 Å². The molecule has 0 fully saturated rings. The number of methoxy groups -OCH3 is 2. The molecule has 0 saturated carbocycles. The maximum atomic E-state index is 11.9. The topological polar surface area (TPSA) is 80.6 Å². The molecule has 0 aliphatic heterocycles. The van der Waals surface area contributed by atoms with Crippen molar-refractivity contribution >= 4 is 5.97 Å². The number of carbonyl (C=O) groups is 1. The van der Waals surface area contributed by atoms with Crippen LogP contribution >= 0.6 is 0 Å². The van der Waals surface area contributed by atoms with Gasteiger partial charge in [0.25, 0.3) is 0 Å². The zero-order chi connectivity index (χ0) is 17.1. The summed E-state index contributed by atoms with van der Waals surface area (Å²) in [6.07, 6.45) is 5.06. The van der Waals surface area contributed by atoms with Crippen molar-refractivity contribution in [1.29, 1.82) is 5.26 Å². The SMILES string of the molecule is CCCOC(=O)/C(C#N)=C1\C=C(NCC(COC)OC)CCC1. The van der Waals surface area contributed by atoms with E-state index in [1.54, 1.807) is 14.2 Å². The van der Waals surface area contributed by atoms with Gasteiger partial charge >= 0.3 is 5.97 Å². The predicted octanol–water partition coefficient (Wildman–Crippen LogP) is 2.08. The molecule has 0 radical (unpaired) electrons. The first-order chi connectivity index (χ1) is 11.2. The highest BCUT2D eigenvalue weighted by Crippen LogP contribution is 2.24. The third-order valence-corrected chi connectivity index (χ3v) is 3.56. The van der Waals surface area contributed by atoms with Gasteiger partial charge in [0.1, 0.15) is 11.6 Å². The smallest absolute Gasteiger partial charge is 0.349 e. The van der Waals surface area contributed by atoms with Crippen LogP contribution in [0.15, 0.2) is 22.9 Å². The molecule has 1 rings (SSSR count). The molecule has 0 aromatic carbocycles. The average Bonchev–Trinajstić information content (AvgIpc) is 2.57. The van der Waals surface area contributed by atoms with Gasteiger partial charge in [0.05, 0.1) is 19.3 Å². The minimum atomic E-state index is -0.531. The van der Waals surface area contributed by atoms with Gasteiger partial charge in [-0.2, -0.15) is 5.26 Å². The lowest BCUT2D eigenvalue weighted by Gasteiger charge is -2.21. The fraction of sp³-hybridized carbons (Fsp3) is 0.647. The summed E-state index contributed by atoms with van der Waals surface area (Å²) in [6.45, 7) is 3.37. The summed E-state index contributed by atoms with van der Waals surface area (Å²) in [4.78, 5) is 11.9. The molecular weight excluding hydrogens is 296 g/mol. The Bertz CT molecular complexity index is 491. The number of rotatable bonds is 9. The van der Waals surface area contributed by atoms with Crippen LogP contribution in [0.5, 0.6) is 0 Å². The van der Waals surface area contributed by atoms with Gasteiger partial charge in [0.15, 0.2) is 0 Å². The summed E-state index contributed by atoms with van der Waals surface area (Å²) in [7, 11) is 3.28. The van der Waals surface area contributed by atoms with Crippen LogP contribution in [0.1, 0.15) is 32.6 Å². The van der Waals surface area contributed by atoms with Gasteiger partial charge in [-0.3, -0.25) is 0 Å². The highest BCUT2D eigenvalue weighted by Gasteiger charge is 2.19. The van der Waals surface area contributed by atoms with Crippen molar-refractivity contribution in [3.8, 4) is 6.07 Å². The van der Waals surface area contributed by atoms with Crippen LogP contribution in [-0.4, -0.2) is 46.1 Å². The van der Waals surface area contributed by atoms with Crippen molar-refractivity contribution in [3.63, 3.8) is 0 Å². The molecule has 6 heteroatoms. The zero-order valence-electron chi connectivity index (χ0n) is 14.2. The second-order valence-corrected chi connectivity index (χ2v) is 5.37. The largest absolute Gasteiger partial charge is 0.462 e. The summed E-state index contributed by atoms with van der Waals surface area (Å²) < 4.78 is 15.5. The molecule has 1 N–H and O–H groups in total. The Hall–Kier alpha value is -1.84. The Morgan fingerprint density at radius 2 is 2.22 bits per heavy atom. The lowest BCUT2D eigenvalue weighted by molar-refractivity contribution is -0.138. The highest BCUT2D eigenvalue weighted by molar-refractivity contribution is 5.94. The van der Waals surface area contributed by atoms with Crippen molar-refractivity contribution in [3.05, 3.63) is 22.9 Å². The van der Waals surface area contributed by atoms with E-state index >= 15 is 0 Å². The number of ether oxygens (including phenoxy) is 3. The van der Waals surface area contributed by atoms with Gasteiger partial charge in [-0.1, -0.05) is 6.92 Å². The molecule has 1 unspecified atom stereocenters. The summed E-state index contributed by atoms with van der Waals surface area (Å²) in [5.74, 6) is -0.531. The number of allylic oxidation sites excluding steroid dienone is 3. The number of hydrogen-bond acceptors (Lipinski definition) is 6. The third kappa shape index (κ3) is 6.43. The van der Waals surface area contributed by atoms with Gasteiger partial charge in [-0.15, -0.1) is 0 Å². The van der Waals surface area contributed by atoms with E-state index in [2.05, 4.69) is 5.32 Å². The van der Waals surface area contributed by atoms with Crippen molar-refractivity contribution in [2.75, 3.05) is 34.0 Å². The third-order valence-electron chi connectivity index (χ3n) is 3.56. The molecule has 1 aliphatic rings. The van der Waals surface area contributed by atoms with E-state index in [9.17, 15) is 10.1 Å². The summed E-state index contributed by atoms with van der Waals surface area (Å²) >= 11 is 0.